The van der Waals surface area contributed by atoms with Crippen molar-refractivity contribution < 1.29 is 8.42 Å². The number of hydrogen-bond acceptors (Lipinski definition) is 2. The van der Waals surface area contributed by atoms with Crippen LogP contribution in [0.1, 0.15) is 0 Å². The SMILES string of the molecule is O=S(=O)(c1ccccc1)c1ccccc1.[LiH]. The van der Waals surface area contributed by atoms with Gasteiger partial charge < -0.3 is 0 Å². The van der Waals surface area contributed by atoms with E-state index in [0.29, 0.717) is 9.79 Å². The molecule has 2 aromatic carbocycles. The van der Waals surface area contributed by atoms with Crippen molar-refractivity contribution in [2.75, 3.05) is 0 Å². The Morgan fingerprint density at radius 1 is 0.625 bits per heavy atom. The molecule has 0 unspecified atom stereocenters. The van der Waals surface area contributed by atoms with Gasteiger partial charge in [-0.2, -0.15) is 0 Å². The molecule has 2 nitrogen and oxygen atoms in total. The van der Waals surface area contributed by atoms with Crippen LogP contribution in [-0.2, 0) is 9.84 Å². The zero-order chi connectivity index (χ0) is 10.7. The van der Waals surface area contributed by atoms with Gasteiger partial charge in [0.1, 0.15) is 0 Å². The molecule has 0 saturated carbocycles. The van der Waals surface area contributed by atoms with E-state index in [1.165, 1.54) is 0 Å². The fourth-order valence-corrected chi connectivity index (χ4v) is 2.64. The third kappa shape index (κ3) is 2.56. The number of rotatable bonds is 2. The molecule has 0 aromatic heterocycles. The Morgan fingerprint density at radius 2 is 0.938 bits per heavy atom. The quantitative estimate of drug-likeness (QED) is 0.732. The summed E-state index contributed by atoms with van der Waals surface area (Å²) in [6, 6.07) is 16.9. The van der Waals surface area contributed by atoms with Gasteiger partial charge in [0.15, 0.2) is 0 Å². The summed E-state index contributed by atoms with van der Waals surface area (Å²) in [6.45, 7) is 0. The normalized spacial score (nSPS) is 10.5. The minimum atomic E-state index is -3.34. The molecule has 16 heavy (non-hydrogen) atoms. The monoisotopic (exact) mass is 226 g/mol. The van der Waals surface area contributed by atoms with Gasteiger partial charge in [0.2, 0.25) is 9.84 Å². The van der Waals surface area contributed by atoms with Crippen molar-refractivity contribution in [2.45, 2.75) is 9.79 Å². The molecule has 4 heteroatoms. The van der Waals surface area contributed by atoms with Gasteiger partial charge in [0, 0.05) is 0 Å². The number of benzene rings is 2. The molecule has 0 amide bonds. The number of hydrogen-bond donors (Lipinski definition) is 0. The van der Waals surface area contributed by atoms with E-state index in [-0.39, 0.29) is 18.9 Å². The zero-order valence-electron chi connectivity index (χ0n) is 8.00. The predicted octanol–water partition coefficient (Wildman–Crippen LogP) is 1.87. The molecular weight excluding hydrogens is 215 g/mol. The van der Waals surface area contributed by atoms with Crippen LogP contribution in [0.4, 0.5) is 0 Å². The van der Waals surface area contributed by atoms with Crippen LogP contribution in [0.5, 0.6) is 0 Å². The first-order valence-corrected chi connectivity index (χ1v) is 6.05. The second-order valence-electron chi connectivity index (χ2n) is 3.13. The van der Waals surface area contributed by atoms with Crippen molar-refractivity contribution in [1.29, 1.82) is 0 Å². The fourth-order valence-electron chi connectivity index (χ4n) is 1.34. The first kappa shape index (κ1) is 13.1. The van der Waals surface area contributed by atoms with Gasteiger partial charge in [0.05, 0.1) is 9.79 Å². The van der Waals surface area contributed by atoms with Crippen molar-refractivity contribution >= 4 is 28.7 Å². The van der Waals surface area contributed by atoms with Crippen LogP contribution < -0.4 is 0 Å². The molecule has 0 aliphatic carbocycles. The van der Waals surface area contributed by atoms with Crippen LogP contribution >= 0.6 is 0 Å². The van der Waals surface area contributed by atoms with Gasteiger partial charge in [-0.25, -0.2) is 8.42 Å². The predicted molar refractivity (Wildman–Crippen MR) is 65.5 cm³/mol. The Kier molecular flexibility index (Phi) is 4.37. The summed E-state index contributed by atoms with van der Waals surface area (Å²) in [6.07, 6.45) is 0. The summed E-state index contributed by atoms with van der Waals surface area (Å²) < 4.78 is 24.1. The molecule has 0 aliphatic rings. The minimum absolute atomic E-state index is 0. The summed E-state index contributed by atoms with van der Waals surface area (Å²) in [7, 11) is -3.34. The van der Waals surface area contributed by atoms with Crippen LogP contribution in [0.25, 0.3) is 0 Å². The molecule has 0 aliphatic heterocycles. The van der Waals surface area contributed by atoms with Gasteiger partial charge in [-0.1, -0.05) is 36.4 Å². The first-order chi connectivity index (χ1) is 7.21. The molecule has 0 bridgehead atoms. The molecule has 2 rings (SSSR count). The second-order valence-corrected chi connectivity index (χ2v) is 5.08. The van der Waals surface area contributed by atoms with Crippen molar-refractivity contribution in [3.8, 4) is 0 Å². The maximum atomic E-state index is 12.0. The van der Waals surface area contributed by atoms with E-state index < -0.39 is 9.84 Å². The van der Waals surface area contributed by atoms with E-state index in [2.05, 4.69) is 0 Å². The Morgan fingerprint density at radius 3 is 1.25 bits per heavy atom. The van der Waals surface area contributed by atoms with E-state index in [9.17, 15) is 8.42 Å². The van der Waals surface area contributed by atoms with Crippen LogP contribution in [0.15, 0.2) is 70.5 Å². The summed E-state index contributed by atoms with van der Waals surface area (Å²) in [5, 5.41) is 0. The molecule has 0 heterocycles. The van der Waals surface area contributed by atoms with E-state index in [0.717, 1.165) is 0 Å². The Labute approximate surface area is 107 Å². The molecule has 0 saturated heterocycles. The van der Waals surface area contributed by atoms with E-state index in [1.807, 2.05) is 0 Å². The Bertz CT molecular complexity index is 490. The zero-order valence-corrected chi connectivity index (χ0v) is 8.81. The summed E-state index contributed by atoms with van der Waals surface area (Å²) in [5.74, 6) is 0. The summed E-state index contributed by atoms with van der Waals surface area (Å²) >= 11 is 0. The standard InChI is InChI=1S/C12H10O2S.Li.H/c13-15(14,11-7-3-1-4-8-11)12-9-5-2-6-10-12;;/h1-10H;;. The van der Waals surface area contributed by atoms with Gasteiger partial charge in [-0.05, 0) is 24.3 Å². The van der Waals surface area contributed by atoms with Crippen molar-refractivity contribution in [2.24, 2.45) is 0 Å². The third-order valence-corrected chi connectivity index (χ3v) is 3.89. The number of sulfone groups is 1. The molecule has 0 atom stereocenters. The van der Waals surface area contributed by atoms with Crippen molar-refractivity contribution in [1.82, 2.24) is 0 Å². The van der Waals surface area contributed by atoms with Gasteiger partial charge in [-0.3, -0.25) is 0 Å². The maximum absolute atomic E-state index is 12.0. The van der Waals surface area contributed by atoms with E-state index in [1.54, 1.807) is 60.7 Å². The van der Waals surface area contributed by atoms with Gasteiger partial charge in [0.25, 0.3) is 0 Å². The fraction of sp³-hybridized carbons (Fsp3) is 0. The average Bonchev–Trinajstić information content (AvgIpc) is 2.31. The molecule has 0 radical (unpaired) electrons. The van der Waals surface area contributed by atoms with Crippen LogP contribution in [0.2, 0.25) is 0 Å². The second kappa shape index (κ2) is 5.36. The van der Waals surface area contributed by atoms with Crippen molar-refractivity contribution in [3.63, 3.8) is 0 Å². The average molecular weight is 226 g/mol. The van der Waals surface area contributed by atoms with Crippen LogP contribution in [-0.4, -0.2) is 27.3 Å². The molecule has 2 aromatic rings. The van der Waals surface area contributed by atoms with Crippen LogP contribution in [0, 0.1) is 0 Å². The van der Waals surface area contributed by atoms with E-state index >= 15 is 0 Å². The molecule has 0 N–H and O–H groups in total. The molecular formula is C12H11LiO2S. The van der Waals surface area contributed by atoms with Gasteiger partial charge >= 0.3 is 18.9 Å². The summed E-state index contributed by atoms with van der Waals surface area (Å²) in [5.41, 5.74) is 0. The van der Waals surface area contributed by atoms with Crippen molar-refractivity contribution in [3.05, 3.63) is 60.7 Å². The third-order valence-electron chi connectivity index (χ3n) is 2.11. The van der Waals surface area contributed by atoms with E-state index in [4.69, 9.17) is 0 Å². The topological polar surface area (TPSA) is 34.1 Å². The summed E-state index contributed by atoms with van der Waals surface area (Å²) in [4.78, 5) is 0.660. The van der Waals surface area contributed by atoms with Gasteiger partial charge in [-0.15, -0.1) is 0 Å². The van der Waals surface area contributed by atoms with Crippen LogP contribution in [0.3, 0.4) is 0 Å². The molecule has 0 spiro atoms. The first-order valence-electron chi connectivity index (χ1n) is 4.56. The Balaban J connectivity index is 0.00000128. The molecule has 78 valence electrons. The molecule has 0 fully saturated rings. The Hall–Kier alpha value is -1.01.